The summed E-state index contributed by atoms with van der Waals surface area (Å²) < 4.78 is 9.89. The Kier molecular flexibility index (Phi) is 13.8. The molecule has 1 aliphatic rings. The maximum atomic E-state index is 10.1. The molecule has 0 saturated carbocycles. The zero-order valence-electron chi connectivity index (χ0n) is 10.4. The quantitative estimate of drug-likeness (QED) is 0.686. The van der Waals surface area contributed by atoms with Gasteiger partial charge in [-0.15, -0.1) is 0 Å². The van der Waals surface area contributed by atoms with Gasteiger partial charge in [-0.2, -0.15) is 0 Å². The molecule has 6 heteroatoms. The first-order chi connectivity index (χ1) is 7.04. The van der Waals surface area contributed by atoms with Crippen LogP contribution in [0.1, 0.15) is 20.3 Å². The van der Waals surface area contributed by atoms with Crippen molar-refractivity contribution in [2.75, 3.05) is 26.4 Å². The average Bonchev–Trinajstić information content (AvgIpc) is 2.20. The topological polar surface area (TPSA) is 81.8 Å². The van der Waals surface area contributed by atoms with Crippen molar-refractivity contribution in [3.63, 3.8) is 0 Å². The third kappa shape index (κ3) is 12.4. The summed E-state index contributed by atoms with van der Waals surface area (Å²) in [5, 5.41) is 8.31. The normalized spacial score (nSPS) is 16.8. The third-order valence-electron chi connectivity index (χ3n) is 1.79. The second kappa shape index (κ2) is 11.8. The number of ether oxygens (including phenoxy) is 2. The SMILES string of the molecule is C1COCCO1.CC(C)C[C@H](N)C(=O)O.[Na]. The van der Waals surface area contributed by atoms with Gasteiger partial charge in [-0.25, -0.2) is 0 Å². The molecule has 1 saturated heterocycles. The Balaban J connectivity index is 0. The summed E-state index contributed by atoms with van der Waals surface area (Å²) in [4.78, 5) is 10.1. The Morgan fingerprint density at radius 1 is 1.25 bits per heavy atom. The summed E-state index contributed by atoms with van der Waals surface area (Å²) in [6.07, 6.45) is 0.551. The maximum absolute atomic E-state index is 10.1. The molecule has 3 N–H and O–H groups in total. The van der Waals surface area contributed by atoms with Crippen molar-refractivity contribution in [1.82, 2.24) is 0 Å². The van der Waals surface area contributed by atoms with Crippen molar-refractivity contribution in [1.29, 1.82) is 0 Å². The second-order valence-electron chi connectivity index (χ2n) is 3.80. The molecule has 1 rings (SSSR count). The molecule has 0 aliphatic carbocycles. The van der Waals surface area contributed by atoms with E-state index in [1.165, 1.54) is 0 Å². The molecule has 0 spiro atoms. The maximum Gasteiger partial charge on any atom is 0.320 e. The van der Waals surface area contributed by atoms with Gasteiger partial charge < -0.3 is 20.3 Å². The molecule has 1 aliphatic heterocycles. The van der Waals surface area contributed by atoms with E-state index in [0.29, 0.717) is 12.3 Å². The minimum atomic E-state index is -0.913. The molecule has 0 unspecified atom stereocenters. The monoisotopic (exact) mass is 242 g/mol. The first-order valence-corrected chi connectivity index (χ1v) is 5.18. The van der Waals surface area contributed by atoms with Crippen molar-refractivity contribution < 1.29 is 19.4 Å². The largest absolute Gasteiger partial charge is 0.480 e. The van der Waals surface area contributed by atoms with Gasteiger partial charge in [-0.3, -0.25) is 4.79 Å². The summed E-state index contributed by atoms with van der Waals surface area (Å²) in [5.74, 6) is -0.556. The van der Waals surface area contributed by atoms with Crippen LogP contribution in [0.15, 0.2) is 0 Å². The molecule has 0 bridgehead atoms. The van der Waals surface area contributed by atoms with Crippen LogP contribution in [0.3, 0.4) is 0 Å². The van der Waals surface area contributed by atoms with Crippen LogP contribution in [-0.4, -0.2) is 73.1 Å². The minimum absolute atomic E-state index is 0. The Morgan fingerprint density at radius 3 is 1.75 bits per heavy atom. The van der Waals surface area contributed by atoms with Crippen LogP contribution in [0.4, 0.5) is 0 Å². The predicted molar refractivity (Wildman–Crippen MR) is 62.5 cm³/mol. The molecule has 1 fully saturated rings. The van der Waals surface area contributed by atoms with Crippen LogP contribution in [0.2, 0.25) is 0 Å². The fourth-order valence-electron chi connectivity index (χ4n) is 1.05. The van der Waals surface area contributed by atoms with Gasteiger partial charge in [0.2, 0.25) is 0 Å². The molecular formula is C10H21NNaO4. The van der Waals surface area contributed by atoms with Gasteiger partial charge in [-0.1, -0.05) is 13.8 Å². The van der Waals surface area contributed by atoms with E-state index in [0.717, 1.165) is 26.4 Å². The number of carboxylic acids is 1. The van der Waals surface area contributed by atoms with Gasteiger partial charge in [0.05, 0.1) is 26.4 Å². The number of rotatable bonds is 3. The van der Waals surface area contributed by atoms with Gasteiger partial charge in [0, 0.05) is 29.6 Å². The first-order valence-electron chi connectivity index (χ1n) is 5.18. The molecule has 0 amide bonds. The van der Waals surface area contributed by atoms with E-state index in [9.17, 15) is 4.79 Å². The molecule has 1 heterocycles. The van der Waals surface area contributed by atoms with Gasteiger partial charge in [0.1, 0.15) is 6.04 Å². The number of hydrogen-bond donors (Lipinski definition) is 2. The van der Waals surface area contributed by atoms with E-state index in [4.69, 9.17) is 20.3 Å². The van der Waals surface area contributed by atoms with Gasteiger partial charge in [0.15, 0.2) is 0 Å². The Hall–Kier alpha value is 0.350. The van der Waals surface area contributed by atoms with E-state index in [-0.39, 0.29) is 29.6 Å². The summed E-state index contributed by atoms with van der Waals surface area (Å²) in [6.45, 7) is 7.01. The Labute approximate surface area is 119 Å². The van der Waals surface area contributed by atoms with Gasteiger partial charge in [-0.05, 0) is 12.3 Å². The molecule has 1 atom stereocenters. The van der Waals surface area contributed by atoms with Crippen LogP contribution >= 0.6 is 0 Å². The number of aliphatic carboxylic acids is 1. The fourth-order valence-corrected chi connectivity index (χ4v) is 1.05. The van der Waals surface area contributed by atoms with Crippen molar-refractivity contribution in [3.05, 3.63) is 0 Å². The molecule has 91 valence electrons. The summed E-state index contributed by atoms with van der Waals surface area (Å²) in [6, 6.07) is -0.690. The van der Waals surface area contributed by atoms with E-state index < -0.39 is 12.0 Å². The van der Waals surface area contributed by atoms with Crippen LogP contribution < -0.4 is 5.73 Å². The fraction of sp³-hybridized carbons (Fsp3) is 0.900. The molecule has 0 aromatic heterocycles. The minimum Gasteiger partial charge on any atom is -0.480 e. The van der Waals surface area contributed by atoms with Crippen molar-refractivity contribution in [2.24, 2.45) is 11.7 Å². The smallest absolute Gasteiger partial charge is 0.320 e. The van der Waals surface area contributed by atoms with Crippen LogP contribution in [0.5, 0.6) is 0 Å². The Morgan fingerprint density at radius 2 is 1.62 bits per heavy atom. The van der Waals surface area contributed by atoms with E-state index in [1.54, 1.807) is 0 Å². The molecule has 1 radical (unpaired) electrons. The predicted octanol–water partition coefficient (Wildman–Crippen LogP) is 0.0968. The number of hydrogen-bond acceptors (Lipinski definition) is 4. The van der Waals surface area contributed by atoms with Gasteiger partial charge >= 0.3 is 5.97 Å². The zero-order valence-corrected chi connectivity index (χ0v) is 12.4. The van der Waals surface area contributed by atoms with Gasteiger partial charge in [0.25, 0.3) is 0 Å². The summed E-state index contributed by atoms with van der Waals surface area (Å²) in [5.41, 5.74) is 5.22. The zero-order chi connectivity index (χ0) is 11.7. The first kappa shape index (κ1) is 18.7. The average molecular weight is 242 g/mol. The van der Waals surface area contributed by atoms with Crippen molar-refractivity contribution in [3.8, 4) is 0 Å². The molecule has 0 aromatic rings. The Bertz CT molecular complexity index is 163. The third-order valence-corrected chi connectivity index (χ3v) is 1.79. The molecule has 0 aromatic carbocycles. The van der Waals surface area contributed by atoms with Crippen LogP contribution in [0, 0.1) is 5.92 Å². The number of nitrogens with two attached hydrogens (primary N) is 1. The van der Waals surface area contributed by atoms with E-state index in [2.05, 4.69) is 0 Å². The number of carbonyl (C=O) groups is 1. The summed E-state index contributed by atoms with van der Waals surface area (Å²) in [7, 11) is 0. The molecular weight excluding hydrogens is 221 g/mol. The molecule has 16 heavy (non-hydrogen) atoms. The van der Waals surface area contributed by atoms with Crippen LogP contribution in [0.25, 0.3) is 0 Å². The van der Waals surface area contributed by atoms with Crippen molar-refractivity contribution >= 4 is 35.5 Å². The van der Waals surface area contributed by atoms with E-state index in [1.807, 2.05) is 13.8 Å². The standard InChI is InChI=1S/C6H13NO2.C4H8O2.Na/c1-4(2)3-5(7)6(8)9;1-2-6-4-3-5-1;/h4-5H,3,7H2,1-2H3,(H,8,9);1-4H2;/t5-;;/m0../s1. The van der Waals surface area contributed by atoms with E-state index >= 15 is 0 Å². The summed E-state index contributed by atoms with van der Waals surface area (Å²) >= 11 is 0. The van der Waals surface area contributed by atoms with Crippen LogP contribution in [-0.2, 0) is 14.3 Å². The van der Waals surface area contributed by atoms with Crippen molar-refractivity contribution in [2.45, 2.75) is 26.3 Å². The second-order valence-corrected chi connectivity index (χ2v) is 3.80. The number of carboxylic acid groups (broad SMARTS) is 1. The molecule has 5 nitrogen and oxygen atoms in total.